The number of nitrogens with one attached hydrogen (secondary N) is 1. The average molecular weight is 538 g/mol. The topological polar surface area (TPSA) is 93.3 Å². The second-order valence-corrected chi connectivity index (χ2v) is 11.0. The fraction of sp³-hybridized carbons (Fsp3) is 0.355. The van der Waals surface area contributed by atoms with Crippen LogP contribution in [0.15, 0.2) is 52.6 Å². The van der Waals surface area contributed by atoms with Gasteiger partial charge in [0.1, 0.15) is 5.65 Å². The van der Waals surface area contributed by atoms with E-state index < -0.39 is 0 Å². The summed E-state index contributed by atoms with van der Waals surface area (Å²) in [5.74, 6) is 0.579. The summed E-state index contributed by atoms with van der Waals surface area (Å²) in [6.45, 7) is 9.71. The maximum atomic E-state index is 13.6. The lowest BCUT2D eigenvalue weighted by Gasteiger charge is -2.17. The molecular weight excluding hydrogens is 502 g/mol. The lowest BCUT2D eigenvalue weighted by Crippen LogP contribution is -2.24. The van der Waals surface area contributed by atoms with Crippen molar-refractivity contribution in [3.05, 3.63) is 58.8 Å². The van der Waals surface area contributed by atoms with Crippen molar-refractivity contribution >= 4 is 34.5 Å². The van der Waals surface area contributed by atoms with Crippen LogP contribution in [0.1, 0.15) is 51.1 Å². The molecule has 0 unspecified atom stereocenters. The van der Waals surface area contributed by atoms with Gasteiger partial charge in [0.2, 0.25) is 5.88 Å². The Morgan fingerprint density at radius 1 is 1.12 bits per heavy atom. The van der Waals surface area contributed by atoms with Crippen LogP contribution in [0.4, 0.5) is 5.69 Å². The number of aryl methyl sites for hydroxylation is 2. The van der Waals surface area contributed by atoms with E-state index in [0.717, 1.165) is 81.4 Å². The van der Waals surface area contributed by atoms with E-state index >= 15 is 0 Å². The zero-order valence-corrected chi connectivity index (χ0v) is 23.7. The molecule has 5 aromatic rings. The number of aromatic amines is 1. The first kappa shape index (κ1) is 25.9. The minimum atomic E-state index is 0.00645. The lowest BCUT2D eigenvalue weighted by atomic mass is 9.97. The number of aromatic nitrogens is 5. The smallest absolute Gasteiger partial charge is 0.329 e. The number of hydrogen-bond acceptors (Lipinski definition) is 6. The second-order valence-electron chi connectivity index (χ2n) is 11.0. The number of rotatable bonds is 7. The van der Waals surface area contributed by atoms with Gasteiger partial charge in [-0.2, -0.15) is 5.10 Å². The van der Waals surface area contributed by atoms with Gasteiger partial charge in [-0.1, -0.05) is 18.9 Å². The van der Waals surface area contributed by atoms with Crippen molar-refractivity contribution in [2.24, 2.45) is 12.1 Å². The van der Waals surface area contributed by atoms with Gasteiger partial charge in [0.05, 0.1) is 40.1 Å². The summed E-state index contributed by atoms with van der Waals surface area (Å²) in [7, 11) is 3.72. The number of nitrogens with zero attached hydrogens (tertiary/aromatic N) is 6. The number of pyridine rings is 2. The summed E-state index contributed by atoms with van der Waals surface area (Å²) in [6, 6.07) is 10.4. The molecule has 40 heavy (non-hydrogen) atoms. The van der Waals surface area contributed by atoms with Gasteiger partial charge in [-0.25, -0.2) is 14.8 Å². The van der Waals surface area contributed by atoms with Crippen LogP contribution >= 0.6 is 0 Å². The molecule has 206 valence electrons. The Labute approximate surface area is 233 Å². The van der Waals surface area contributed by atoms with Gasteiger partial charge in [-0.05, 0) is 62.9 Å². The summed E-state index contributed by atoms with van der Waals surface area (Å²) >= 11 is 0. The monoisotopic (exact) mass is 537 g/mol. The molecule has 1 aromatic carbocycles. The molecule has 0 saturated heterocycles. The number of anilines is 1. The average Bonchev–Trinajstić information content (AvgIpc) is 3.66. The molecule has 0 atom stereocenters. The van der Waals surface area contributed by atoms with Crippen LogP contribution < -0.4 is 15.4 Å². The maximum Gasteiger partial charge on any atom is 0.329 e. The summed E-state index contributed by atoms with van der Waals surface area (Å²) < 4.78 is 9.54. The van der Waals surface area contributed by atoms with E-state index in [4.69, 9.17) is 9.72 Å². The summed E-state index contributed by atoms with van der Waals surface area (Å²) in [4.78, 5) is 26.6. The van der Waals surface area contributed by atoms with E-state index in [1.807, 2.05) is 57.0 Å². The van der Waals surface area contributed by atoms with E-state index in [0.29, 0.717) is 5.88 Å². The highest BCUT2D eigenvalue weighted by molar-refractivity contribution is 6.14. The van der Waals surface area contributed by atoms with Gasteiger partial charge in [0.15, 0.2) is 0 Å². The highest BCUT2D eigenvalue weighted by Gasteiger charge is 2.28. The molecule has 1 aliphatic rings. The molecule has 0 aliphatic heterocycles. The van der Waals surface area contributed by atoms with E-state index in [-0.39, 0.29) is 17.8 Å². The van der Waals surface area contributed by atoms with Crippen molar-refractivity contribution in [1.29, 1.82) is 0 Å². The lowest BCUT2D eigenvalue weighted by molar-refractivity contribution is 0.232. The van der Waals surface area contributed by atoms with Crippen LogP contribution in [0.25, 0.3) is 44.5 Å². The number of hydrazone groups is 1. The Balaban J connectivity index is 1.67. The van der Waals surface area contributed by atoms with Gasteiger partial charge < -0.3 is 9.72 Å². The molecule has 9 heteroatoms. The summed E-state index contributed by atoms with van der Waals surface area (Å²) in [5.41, 5.74) is 8.37. The summed E-state index contributed by atoms with van der Waals surface area (Å²) in [5, 5.41) is 6.78. The number of ether oxygens (including phenoxy) is 1. The van der Waals surface area contributed by atoms with E-state index in [2.05, 4.69) is 46.9 Å². The van der Waals surface area contributed by atoms with Crippen molar-refractivity contribution in [2.45, 2.75) is 58.6 Å². The van der Waals surface area contributed by atoms with Crippen molar-refractivity contribution in [2.75, 3.05) is 12.1 Å². The van der Waals surface area contributed by atoms with Gasteiger partial charge >= 0.3 is 5.69 Å². The standard InChI is InChI=1S/C31H35N7O2/c1-18(2)40-25-14-12-21(16-33-25)28-26(20-11-13-23(19(3)15-20)37(6)32-4)27-29-24(17-34-30(27)35-28)36(5)31(39)38(29)22-9-7-8-10-22/h11-18,22H,4,7-10H2,1-3,5-6H3,(H,34,35). The van der Waals surface area contributed by atoms with Gasteiger partial charge in [-0.15, -0.1) is 0 Å². The molecule has 0 amide bonds. The predicted molar refractivity (Wildman–Crippen MR) is 161 cm³/mol. The Morgan fingerprint density at radius 3 is 2.52 bits per heavy atom. The number of H-pyrrole nitrogens is 1. The first-order chi connectivity index (χ1) is 19.3. The highest BCUT2D eigenvalue weighted by atomic mass is 16.5. The van der Waals surface area contributed by atoms with Crippen LogP contribution in [0, 0.1) is 6.92 Å². The number of imidazole rings is 1. The van der Waals surface area contributed by atoms with Crippen molar-refractivity contribution in [1.82, 2.24) is 24.1 Å². The zero-order chi connectivity index (χ0) is 28.1. The Bertz CT molecular complexity index is 1790. The van der Waals surface area contributed by atoms with Gasteiger partial charge in [-0.3, -0.25) is 14.1 Å². The molecule has 0 radical (unpaired) electrons. The Morgan fingerprint density at radius 2 is 1.88 bits per heavy atom. The third kappa shape index (κ3) is 4.16. The van der Waals surface area contributed by atoms with E-state index in [1.165, 1.54) is 0 Å². The maximum absolute atomic E-state index is 13.6. The first-order valence-electron chi connectivity index (χ1n) is 13.8. The number of hydrogen-bond donors (Lipinski definition) is 1. The molecule has 1 N–H and O–H groups in total. The zero-order valence-electron chi connectivity index (χ0n) is 23.7. The van der Waals surface area contributed by atoms with Crippen molar-refractivity contribution in [3.63, 3.8) is 0 Å². The van der Waals surface area contributed by atoms with Crippen LogP contribution in [0.3, 0.4) is 0 Å². The molecule has 0 spiro atoms. The summed E-state index contributed by atoms with van der Waals surface area (Å²) in [6.07, 6.45) is 7.95. The van der Waals surface area contributed by atoms with Crippen LogP contribution in [0.2, 0.25) is 0 Å². The molecule has 4 heterocycles. The fourth-order valence-electron chi connectivity index (χ4n) is 6.07. The molecule has 1 aliphatic carbocycles. The van der Waals surface area contributed by atoms with Crippen LogP contribution in [-0.4, -0.2) is 44.0 Å². The second kappa shape index (κ2) is 9.97. The molecule has 4 aromatic heterocycles. The Kier molecular flexibility index (Phi) is 6.44. The largest absolute Gasteiger partial charge is 0.475 e. The van der Waals surface area contributed by atoms with E-state index in [1.54, 1.807) is 9.58 Å². The minimum absolute atomic E-state index is 0.00645. The third-order valence-corrected chi connectivity index (χ3v) is 7.99. The number of fused-ring (bicyclic) bond motifs is 3. The molecule has 1 fully saturated rings. The molecule has 9 nitrogen and oxygen atoms in total. The quantitative estimate of drug-likeness (QED) is 0.197. The van der Waals surface area contributed by atoms with Gasteiger partial charge in [0, 0.05) is 50.2 Å². The highest BCUT2D eigenvalue weighted by Crippen LogP contribution is 2.43. The molecule has 1 saturated carbocycles. The molecule has 0 bridgehead atoms. The minimum Gasteiger partial charge on any atom is -0.475 e. The first-order valence-corrected chi connectivity index (χ1v) is 13.8. The van der Waals surface area contributed by atoms with Crippen LogP contribution in [-0.2, 0) is 7.05 Å². The van der Waals surface area contributed by atoms with Crippen LogP contribution in [0.5, 0.6) is 5.88 Å². The van der Waals surface area contributed by atoms with Crippen molar-refractivity contribution < 1.29 is 4.74 Å². The predicted octanol–water partition coefficient (Wildman–Crippen LogP) is 6.21. The van der Waals surface area contributed by atoms with E-state index in [9.17, 15) is 4.79 Å². The molecule has 6 rings (SSSR count). The molecular formula is C31H35N7O2. The van der Waals surface area contributed by atoms with Crippen molar-refractivity contribution in [3.8, 4) is 28.3 Å². The SMILES string of the molecule is C=NN(C)c1ccc(-c2c(-c3ccc(OC(C)C)nc3)[nH]c3ncc4c(c23)n(C2CCCC2)c(=O)n4C)cc1C. The number of benzene rings is 1. The fourth-order valence-corrected chi connectivity index (χ4v) is 6.07. The Hall–Kier alpha value is -4.40. The normalized spacial score (nSPS) is 14.1. The van der Waals surface area contributed by atoms with Gasteiger partial charge in [0.25, 0.3) is 0 Å². The third-order valence-electron chi connectivity index (χ3n) is 7.99.